The van der Waals surface area contributed by atoms with Crippen LogP contribution < -0.4 is 11.3 Å². The van der Waals surface area contributed by atoms with Gasteiger partial charge in [0.1, 0.15) is 0 Å². The lowest BCUT2D eigenvalue weighted by atomic mass is 9.98. The molecule has 110 valence electrons. The molecule has 1 aromatic rings. The molecule has 1 unspecified atom stereocenters. The molecule has 1 aromatic heterocycles. The summed E-state index contributed by atoms with van der Waals surface area (Å²) in [5.74, 6) is 6.44. The minimum Gasteiger partial charge on any atom is -0.272 e. The van der Waals surface area contributed by atoms with Crippen molar-refractivity contribution in [3.8, 4) is 0 Å². The van der Waals surface area contributed by atoms with Crippen molar-refractivity contribution in [2.75, 3.05) is 0 Å². The normalized spacial score (nSPS) is 13.2. The molecule has 3 N–H and O–H groups in total. The molecule has 0 fully saturated rings. The molecular weight excluding hydrogens is 236 g/mol. The second-order valence-electron chi connectivity index (χ2n) is 6.00. The van der Waals surface area contributed by atoms with Gasteiger partial charge >= 0.3 is 0 Å². The van der Waals surface area contributed by atoms with E-state index in [0.717, 1.165) is 30.9 Å². The molecule has 0 aromatic carbocycles. The van der Waals surface area contributed by atoms with E-state index in [1.54, 1.807) is 0 Å². The van der Waals surface area contributed by atoms with E-state index in [0.29, 0.717) is 6.04 Å². The van der Waals surface area contributed by atoms with E-state index in [-0.39, 0.29) is 0 Å². The average Bonchev–Trinajstić information content (AvgIpc) is 2.58. The minimum absolute atomic E-state index is 0.415. The molecule has 1 rings (SSSR count). The Morgan fingerprint density at radius 1 is 1.21 bits per heavy atom. The third-order valence-electron chi connectivity index (χ3n) is 3.97. The largest absolute Gasteiger partial charge is 0.272 e. The Morgan fingerprint density at radius 2 is 1.89 bits per heavy atom. The van der Waals surface area contributed by atoms with Crippen molar-refractivity contribution in [3.63, 3.8) is 0 Å². The van der Waals surface area contributed by atoms with Gasteiger partial charge in [-0.25, -0.2) is 0 Å². The number of hydrogen-bond acceptors (Lipinski definition) is 3. The maximum Gasteiger partial charge on any atom is 0.0628 e. The highest BCUT2D eigenvalue weighted by molar-refractivity contribution is 5.24. The van der Waals surface area contributed by atoms with Gasteiger partial charge in [-0.3, -0.25) is 16.0 Å². The quantitative estimate of drug-likeness (QED) is 0.562. The van der Waals surface area contributed by atoms with Gasteiger partial charge in [0.05, 0.1) is 5.69 Å². The van der Waals surface area contributed by atoms with Crippen molar-refractivity contribution in [2.24, 2.45) is 18.8 Å². The van der Waals surface area contributed by atoms with E-state index in [2.05, 4.69) is 38.2 Å². The summed E-state index contributed by atoms with van der Waals surface area (Å²) in [5.41, 5.74) is 6.77. The summed E-state index contributed by atoms with van der Waals surface area (Å²) in [5, 5.41) is 4.46. The van der Waals surface area contributed by atoms with Crippen LogP contribution in [-0.2, 0) is 13.5 Å². The SMILES string of the molecule is Cc1nn(C)c(C)c1CCC(CCCC(C)C)NN. The van der Waals surface area contributed by atoms with Crippen molar-refractivity contribution in [1.82, 2.24) is 15.2 Å². The first-order chi connectivity index (χ1) is 8.95. The molecular formula is C15H30N4. The van der Waals surface area contributed by atoms with Crippen molar-refractivity contribution < 1.29 is 0 Å². The molecule has 0 aliphatic heterocycles. The summed E-state index contributed by atoms with van der Waals surface area (Å²) in [6.45, 7) is 8.77. The zero-order valence-electron chi connectivity index (χ0n) is 13.2. The Labute approximate surface area is 117 Å². The van der Waals surface area contributed by atoms with Gasteiger partial charge in [-0.1, -0.05) is 26.7 Å². The first kappa shape index (κ1) is 16.2. The van der Waals surface area contributed by atoms with E-state index >= 15 is 0 Å². The molecule has 0 saturated carbocycles. The summed E-state index contributed by atoms with van der Waals surface area (Å²) in [6.07, 6.45) is 5.83. The monoisotopic (exact) mass is 266 g/mol. The molecule has 0 radical (unpaired) electrons. The number of hydrazine groups is 1. The topological polar surface area (TPSA) is 55.9 Å². The average molecular weight is 266 g/mol. The summed E-state index contributed by atoms with van der Waals surface area (Å²) < 4.78 is 1.97. The first-order valence-corrected chi connectivity index (χ1v) is 7.40. The van der Waals surface area contributed by atoms with Crippen molar-refractivity contribution in [2.45, 2.75) is 65.8 Å². The fourth-order valence-corrected chi connectivity index (χ4v) is 2.58. The molecule has 0 saturated heterocycles. The van der Waals surface area contributed by atoms with E-state index < -0.39 is 0 Å². The zero-order chi connectivity index (χ0) is 14.4. The molecule has 1 heterocycles. The minimum atomic E-state index is 0.415. The molecule has 0 bridgehead atoms. The highest BCUT2D eigenvalue weighted by Gasteiger charge is 2.12. The second kappa shape index (κ2) is 7.65. The van der Waals surface area contributed by atoms with Gasteiger partial charge in [-0.2, -0.15) is 5.10 Å². The maximum absolute atomic E-state index is 5.66. The Balaban J connectivity index is 2.44. The predicted molar refractivity (Wildman–Crippen MR) is 80.8 cm³/mol. The Morgan fingerprint density at radius 3 is 2.37 bits per heavy atom. The fourth-order valence-electron chi connectivity index (χ4n) is 2.58. The number of nitrogens with two attached hydrogens (primary N) is 1. The van der Waals surface area contributed by atoms with Crippen LogP contribution in [0, 0.1) is 19.8 Å². The molecule has 0 aliphatic carbocycles. The van der Waals surface area contributed by atoms with Crippen LogP contribution in [0.15, 0.2) is 0 Å². The van der Waals surface area contributed by atoms with Gasteiger partial charge in [0.2, 0.25) is 0 Å². The number of rotatable bonds is 8. The van der Waals surface area contributed by atoms with Gasteiger partial charge in [-0.05, 0) is 44.6 Å². The highest BCUT2D eigenvalue weighted by atomic mass is 15.3. The standard InChI is InChI=1S/C15H30N4/c1-11(2)7-6-8-14(17-16)9-10-15-12(3)18-19(5)13(15)4/h11,14,17H,6-10,16H2,1-5H3. The van der Waals surface area contributed by atoms with Gasteiger partial charge < -0.3 is 0 Å². The Bertz CT molecular complexity index is 382. The van der Waals surface area contributed by atoms with Crippen LogP contribution in [0.1, 0.15) is 56.5 Å². The van der Waals surface area contributed by atoms with Crippen molar-refractivity contribution in [1.29, 1.82) is 0 Å². The highest BCUT2D eigenvalue weighted by Crippen LogP contribution is 2.17. The van der Waals surface area contributed by atoms with Gasteiger partial charge in [0.15, 0.2) is 0 Å². The Kier molecular flexibility index (Phi) is 6.52. The summed E-state index contributed by atoms with van der Waals surface area (Å²) in [7, 11) is 2.01. The van der Waals surface area contributed by atoms with Crippen molar-refractivity contribution in [3.05, 3.63) is 17.0 Å². The molecule has 0 aliphatic rings. The number of aryl methyl sites for hydroxylation is 2. The maximum atomic E-state index is 5.66. The van der Waals surface area contributed by atoms with Crippen LogP contribution in [0.2, 0.25) is 0 Å². The van der Waals surface area contributed by atoms with Crippen LogP contribution in [0.3, 0.4) is 0 Å². The van der Waals surface area contributed by atoms with Crippen LogP contribution >= 0.6 is 0 Å². The van der Waals surface area contributed by atoms with Crippen molar-refractivity contribution >= 4 is 0 Å². The molecule has 1 atom stereocenters. The Hall–Kier alpha value is -0.870. The summed E-state index contributed by atoms with van der Waals surface area (Å²) in [4.78, 5) is 0. The number of nitrogens with zero attached hydrogens (tertiary/aromatic N) is 2. The van der Waals surface area contributed by atoms with E-state index in [4.69, 9.17) is 5.84 Å². The lowest BCUT2D eigenvalue weighted by Crippen LogP contribution is -2.35. The first-order valence-electron chi connectivity index (χ1n) is 7.40. The number of aromatic nitrogens is 2. The molecule has 4 heteroatoms. The van der Waals surface area contributed by atoms with Crippen LogP contribution in [0.4, 0.5) is 0 Å². The van der Waals surface area contributed by atoms with Crippen LogP contribution in [-0.4, -0.2) is 15.8 Å². The van der Waals surface area contributed by atoms with E-state index in [9.17, 15) is 0 Å². The third kappa shape index (κ3) is 4.96. The van der Waals surface area contributed by atoms with E-state index in [1.165, 1.54) is 24.1 Å². The van der Waals surface area contributed by atoms with Gasteiger partial charge in [-0.15, -0.1) is 0 Å². The molecule has 0 amide bonds. The number of nitrogens with one attached hydrogen (secondary N) is 1. The summed E-state index contributed by atoms with van der Waals surface area (Å²) >= 11 is 0. The fraction of sp³-hybridized carbons (Fsp3) is 0.800. The molecule has 4 nitrogen and oxygen atoms in total. The lowest BCUT2D eigenvalue weighted by Gasteiger charge is -2.16. The van der Waals surface area contributed by atoms with Crippen LogP contribution in [0.5, 0.6) is 0 Å². The predicted octanol–water partition coefficient (Wildman–Crippen LogP) is 2.63. The van der Waals surface area contributed by atoms with E-state index in [1.807, 2.05) is 11.7 Å². The molecule has 0 spiro atoms. The summed E-state index contributed by atoms with van der Waals surface area (Å²) in [6, 6.07) is 0.415. The van der Waals surface area contributed by atoms with Crippen LogP contribution in [0.25, 0.3) is 0 Å². The number of hydrogen-bond donors (Lipinski definition) is 2. The lowest BCUT2D eigenvalue weighted by molar-refractivity contribution is 0.424. The second-order valence-corrected chi connectivity index (χ2v) is 6.00. The smallest absolute Gasteiger partial charge is 0.0628 e. The van der Waals surface area contributed by atoms with Gasteiger partial charge in [0.25, 0.3) is 0 Å². The van der Waals surface area contributed by atoms with Gasteiger partial charge in [0, 0.05) is 18.8 Å². The zero-order valence-corrected chi connectivity index (χ0v) is 13.2. The third-order valence-corrected chi connectivity index (χ3v) is 3.97. The molecule has 19 heavy (non-hydrogen) atoms.